The highest BCUT2D eigenvalue weighted by molar-refractivity contribution is 6.06. The minimum atomic E-state index is -0.687. The van der Waals surface area contributed by atoms with Crippen LogP contribution >= 0.6 is 0 Å². The van der Waals surface area contributed by atoms with E-state index in [1.165, 1.54) is 36.5 Å². The van der Waals surface area contributed by atoms with E-state index in [0.29, 0.717) is 5.69 Å². The zero-order chi connectivity index (χ0) is 15.4. The second-order valence-corrected chi connectivity index (χ2v) is 4.12. The van der Waals surface area contributed by atoms with Crippen LogP contribution < -0.4 is 11.1 Å². The lowest BCUT2D eigenvalue weighted by Gasteiger charge is -2.08. The molecule has 0 unspecified atom stereocenters. The normalized spacial score (nSPS) is 10.1. The number of aromatic nitrogens is 1. The van der Waals surface area contributed by atoms with E-state index in [9.17, 15) is 20.0 Å². The zero-order valence-electron chi connectivity index (χ0n) is 10.8. The van der Waals surface area contributed by atoms with Crippen LogP contribution in [0, 0.1) is 10.1 Å². The minimum absolute atomic E-state index is 0.165. The van der Waals surface area contributed by atoms with Crippen LogP contribution in [0.5, 0.6) is 5.75 Å². The number of aromatic hydroxyl groups is 1. The van der Waals surface area contributed by atoms with Gasteiger partial charge in [0.1, 0.15) is 5.75 Å². The molecule has 0 fully saturated rings. The molecule has 0 spiro atoms. The Balaban J connectivity index is 2.33. The molecule has 1 aromatic carbocycles. The number of pyridine rings is 1. The number of nitro benzene ring substituents is 1. The maximum Gasteiger partial charge on any atom is 0.296 e. The van der Waals surface area contributed by atoms with Crippen LogP contribution in [-0.4, -0.2) is 20.9 Å². The van der Waals surface area contributed by atoms with Crippen molar-refractivity contribution in [3.05, 3.63) is 57.9 Å². The number of carbonyl (C=O) groups excluding carboxylic acids is 1. The molecule has 0 saturated heterocycles. The Bertz CT molecular complexity index is 702. The van der Waals surface area contributed by atoms with E-state index in [4.69, 9.17) is 5.73 Å². The van der Waals surface area contributed by atoms with Gasteiger partial charge in [-0.1, -0.05) is 6.07 Å². The zero-order valence-corrected chi connectivity index (χ0v) is 10.8. The van der Waals surface area contributed by atoms with Crippen molar-refractivity contribution < 1.29 is 14.8 Å². The highest BCUT2D eigenvalue weighted by Crippen LogP contribution is 2.33. The Morgan fingerprint density at radius 1 is 1.43 bits per heavy atom. The Kier molecular flexibility index (Phi) is 4.10. The number of phenols is 1. The summed E-state index contributed by atoms with van der Waals surface area (Å²) in [7, 11) is 0. The summed E-state index contributed by atoms with van der Waals surface area (Å²) in [5, 5.41) is 22.9. The third-order valence-corrected chi connectivity index (χ3v) is 2.74. The number of phenolic OH excluding ortho intramolecular Hbond substituents is 1. The van der Waals surface area contributed by atoms with Crippen LogP contribution in [0.25, 0.3) is 0 Å². The first-order valence-corrected chi connectivity index (χ1v) is 5.95. The van der Waals surface area contributed by atoms with Crippen LogP contribution in [0.4, 0.5) is 11.4 Å². The smallest absolute Gasteiger partial charge is 0.296 e. The van der Waals surface area contributed by atoms with Gasteiger partial charge in [-0.05, 0) is 18.2 Å². The van der Waals surface area contributed by atoms with E-state index in [2.05, 4.69) is 10.3 Å². The largest absolute Gasteiger partial charge is 0.505 e. The van der Waals surface area contributed by atoms with Gasteiger partial charge in [0.25, 0.3) is 11.6 Å². The van der Waals surface area contributed by atoms with Gasteiger partial charge >= 0.3 is 0 Å². The lowest BCUT2D eigenvalue weighted by atomic mass is 10.2. The molecular formula is C13H12N4O4. The Morgan fingerprint density at radius 2 is 2.19 bits per heavy atom. The van der Waals surface area contributed by atoms with E-state index in [1.807, 2.05) is 0 Å². The second kappa shape index (κ2) is 5.97. The quantitative estimate of drug-likeness (QED) is 0.442. The molecule has 0 bridgehead atoms. The molecule has 0 aliphatic carbocycles. The summed E-state index contributed by atoms with van der Waals surface area (Å²) < 4.78 is 0. The standard InChI is InChI=1S/C13H12N4O4/c14-7-9-6-8(4-5-15-9)13(19)16-12-10(17(20)21)2-1-3-11(12)18/h1-6,18H,7,14H2,(H,16,19). The Labute approximate surface area is 119 Å². The minimum Gasteiger partial charge on any atom is -0.505 e. The van der Waals surface area contributed by atoms with Crippen LogP contribution in [0.2, 0.25) is 0 Å². The number of rotatable bonds is 4. The van der Waals surface area contributed by atoms with Gasteiger partial charge in [0, 0.05) is 24.4 Å². The molecule has 4 N–H and O–H groups in total. The van der Waals surface area contributed by atoms with Crippen LogP contribution in [-0.2, 0) is 6.54 Å². The van der Waals surface area contributed by atoms with Crippen molar-refractivity contribution in [3.8, 4) is 5.75 Å². The lowest BCUT2D eigenvalue weighted by Crippen LogP contribution is -2.14. The van der Waals surface area contributed by atoms with Gasteiger partial charge < -0.3 is 16.2 Å². The number of anilines is 1. The van der Waals surface area contributed by atoms with Crippen molar-refractivity contribution in [1.29, 1.82) is 0 Å². The van der Waals surface area contributed by atoms with E-state index in [1.54, 1.807) is 0 Å². The number of carbonyl (C=O) groups is 1. The highest BCUT2D eigenvalue weighted by Gasteiger charge is 2.20. The van der Waals surface area contributed by atoms with Gasteiger partial charge in [0.05, 0.1) is 10.6 Å². The van der Waals surface area contributed by atoms with Crippen molar-refractivity contribution >= 4 is 17.3 Å². The summed E-state index contributed by atoms with van der Waals surface area (Å²) in [6.45, 7) is 0.165. The fraction of sp³-hybridized carbons (Fsp3) is 0.0769. The summed E-state index contributed by atoms with van der Waals surface area (Å²) in [5.41, 5.74) is 5.54. The molecule has 2 rings (SSSR count). The number of benzene rings is 1. The van der Waals surface area contributed by atoms with Crippen molar-refractivity contribution in [2.24, 2.45) is 5.73 Å². The second-order valence-electron chi connectivity index (χ2n) is 4.12. The van der Waals surface area contributed by atoms with E-state index in [-0.39, 0.29) is 23.5 Å². The molecule has 8 nitrogen and oxygen atoms in total. The molecule has 108 valence electrons. The van der Waals surface area contributed by atoms with Gasteiger partial charge in [0.15, 0.2) is 5.69 Å². The number of nitro groups is 1. The molecule has 1 heterocycles. The van der Waals surface area contributed by atoms with E-state index in [0.717, 1.165) is 0 Å². The van der Waals surface area contributed by atoms with Gasteiger partial charge in [-0.2, -0.15) is 0 Å². The van der Waals surface area contributed by atoms with Crippen LogP contribution in [0.15, 0.2) is 36.5 Å². The average Bonchev–Trinajstić information content (AvgIpc) is 2.49. The molecule has 0 radical (unpaired) electrons. The Morgan fingerprint density at radius 3 is 2.86 bits per heavy atom. The molecular weight excluding hydrogens is 276 g/mol. The average molecular weight is 288 g/mol. The topological polar surface area (TPSA) is 131 Å². The molecule has 1 aromatic heterocycles. The summed E-state index contributed by atoms with van der Waals surface area (Å²) >= 11 is 0. The van der Waals surface area contributed by atoms with Crippen molar-refractivity contribution in [1.82, 2.24) is 4.98 Å². The van der Waals surface area contributed by atoms with Crippen molar-refractivity contribution in [2.45, 2.75) is 6.54 Å². The number of nitrogens with one attached hydrogen (secondary N) is 1. The predicted molar refractivity (Wildman–Crippen MR) is 74.8 cm³/mol. The first kappa shape index (κ1) is 14.4. The molecule has 0 saturated carbocycles. The monoisotopic (exact) mass is 288 g/mol. The van der Waals surface area contributed by atoms with Gasteiger partial charge in [0.2, 0.25) is 0 Å². The molecule has 1 amide bonds. The van der Waals surface area contributed by atoms with Gasteiger partial charge in [-0.3, -0.25) is 19.9 Å². The summed E-state index contributed by atoms with van der Waals surface area (Å²) in [4.78, 5) is 26.3. The fourth-order valence-corrected chi connectivity index (χ4v) is 1.73. The summed E-state index contributed by atoms with van der Waals surface area (Å²) in [6, 6.07) is 6.68. The number of hydrogen-bond acceptors (Lipinski definition) is 6. The third kappa shape index (κ3) is 3.12. The lowest BCUT2D eigenvalue weighted by molar-refractivity contribution is -0.384. The number of nitrogens with two attached hydrogens (primary N) is 1. The Hall–Kier alpha value is -3.00. The fourth-order valence-electron chi connectivity index (χ4n) is 1.73. The van der Waals surface area contributed by atoms with Crippen molar-refractivity contribution in [2.75, 3.05) is 5.32 Å². The predicted octanol–water partition coefficient (Wildman–Crippen LogP) is 1.41. The third-order valence-electron chi connectivity index (χ3n) is 2.74. The number of amides is 1. The molecule has 0 aliphatic heterocycles. The van der Waals surface area contributed by atoms with Gasteiger partial charge in [-0.15, -0.1) is 0 Å². The number of nitrogens with zero attached hydrogens (tertiary/aromatic N) is 2. The van der Waals surface area contributed by atoms with Crippen LogP contribution in [0.1, 0.15) is 16.1 Å². The van der Waals surface area contributed by atoms with E-state index >= 15 is 0 Å². The van der Waals surface area contributed by atoms with Crippen molar-refractivity contribution in [3.63, 3.8) is 0 Å². The molecule has 0 atom stereocenters. The number of para-hydroxylation sites is 1. The molecule has 21 heavy (non-hydrogen) atoms. The van der Waals surface area contributed by atoms with E-state index < -0.39 is 16.5 Å². The first-order valence-electron chi connectivity index (χ1n) is 5.95. The maximum atomic E-state index is 12.1. The van der Waals surface area contributed by atoms with Gasteiger partial charge in [-0.25, -0.2) is 0 Å². The number of hydrogen-bond donors (Lipinski definition) is 3. The molecule has 8 heteroatoms. The molecule has 2 aromatic rings. The molecule has 0 aliphatic rings. The maximum absolute atomic E-state index is 12.1. The first-order chi connectivity index (χ1) is 10.0. The van der Waals surface area contributed by atoms with Crippen LogP contribution in [0.3, 0.4) is 0 Å². The summed E-state index contributed by atoms with van der Waals surface area (Å²) in [5.74, 6) is -0.984. The summed E-state index contributed by atoms with van der Waals surface area (Å²) in [6.07, 6.45) is 1.41. The highest BCUT2D eigenvalue weighted by atomic mass is 16.6. The SMILES string of the molecule is NCc1cc(C(=O)Nc2c(O)cccc2[N+](=O)[O-])ccn1.